The Kier molecular flexibility index (Phi) is 6.68. The fourth-order valence-corrected chi connectivity index (χ4v) is 1.11. The zero-order valence-electron chi connectivity index (χ0n) is 5.67. The van der Waals surface area contributed by atoms with Gasteiger partial charge in [0, 0.05) is 24.5 Å². The zero-order valence-corrected chi connectivity index (χ0v) is 6.49. The number of rotatable bonds is 5. The smallest absolute Gasteiger partial charge is 0.244 e. The van der Waals surface area contributed by atoms with E-state index in [0.717, 1.165) is 5.75 Å². The lowest BCUT2D eigenvalue weighted by Gasteiger charge is -1.97. The average molecular weight is 164 g/mol. The van der Waals surface area contributed by atoms with Gasteiger partial charge in [-0.2, -0.15) is 11.8 Å². The predicted molar refractivity (Wildman–Crippen MR) is 40.9 cm³/mol. The molecule has 1 amide bonds. The van der Waals surface area contributed by atoms with Gasteiger partial charge in [-0.15, -0.1) is 0 Å². The van der Waals surface area contributed by atoms with E-state index in [1.54, 1.807) is 17.2 Å². The summed E-state index contributed by atoms with van der Waals surface area (Å²) in [6.07, 6.45) is 0.348. The lowest BCUT2D eigenvalue weighted by molar-refractivity contribution is -0.128. The van der Waals surface area contributed by atoms with E-state index in [2.05, 4.69) is 0 Å². The van der Waals surface area contributed by atoms with Crippen molar-refractivity contribution in [3.05, 3.63) is 0 Å². The Morgan fingerprint density at radius 2 is 2.30 bits per heavy atom. The molecule has 0 saturated carbocycles. The van der Waals surface area contributed by atoms with E-state index in [1.807, 2.05) is 0 Å². The molecule has 0 spiro atoms. The molecule has 0 bridgehead atoms. The third-order valence-electron chi connectivity index (χ3n) is 0.860. The van der Waals surface area contributed by atoms with Gasteiger partial charge in [0.1, 0.15) is 0 Å². The molecule has 0 aromatic heterocycles. The maximum absolute atomic E-state index is 10.4. The van der Waals surface area contributed by atoms with Crippen molar-refractivity contribution in [3.63, 3.8) is 0 Å². The van der Waals surface area contributed by atoms with Crippen molar-refractivity contribution in [1.82, 2.24) is 5.48 Å². The predicted octanol–water partition coefficient (Wildman–Crippen LogP) is -0.426. The van der Waals surface area contributed by atoms with E-state index in [1.165, 1.54) is 0 Å². The summed E-state index contributed by atoms with van der Waals surface area (Å²) in [6, 6.07) is 0. The highest BCUT2D eigenvalue weighted by Gasteiger charge is 1.96. The summed E-state index contributed by atoms with van der Waals surface area (Å²) in [5.41, 5.74) is 6.77. The molecular weight excluding hydrogens is 152 g/mol. The second kappa shape index (κ2) is 6.85. The maximum atomic E-state index is 10.4. The third kappa shape index (κ3) is 5.87. The highest BCUT2D eigenvalue weighted by Crippen LogP contribution is 1.99. The van der Waals surface area contributed by atoms with Gasteiger partial charge in [0.15, 0.2) is 0 Å². The molecule has 0 saturated heterocycles. The topological polar surface area (TPSA) is 75.4 Å². The average Bonchev–Trinajstić information content (AvgIpc) is 1.98. The van der Waals surface area contributed by atoms with E-state index < -0.39 is 0 Å². The first-order chi connectivity index (χ1) is 4.81. The SMILES string of the molecule is NCCSCCC(=O)NO. The van der Waals surface area contributed by atoms with Crippen molar-refractivity contribution in [3.8, 4) is 0 Å². The van der Waals surface area contributed by atoms with Crippen molar-refractivity contribution < 1.29 is 10.0 Å². The van der Waals surface area contributed by atoms with E-state index in [0.29, 0.717) is 18.7 Å². The van der Waals surface area contributed by atoms with Crippen LogP contribution in [0.15, 0.2) is 0 Å². The van der Waals surface area contributed by atoms with Gasteiger partial charge in [0.25, 0.3) is 0 Å². The summed E-state index contributed by atoms with van der Waals surface area (Å²) in [6.45, 7) is 0.630. The van der Waals surface area contributed by atoms with Crippen LogP contribution in [0, 0.1) is 0 Å². The number of carbonyl (C=O) groups excluding carboxylic acids is 1. The van der Waals surface area contributed by atoms with Gasteiger partial charge >= 0.3 is 0 Å². The Labute approximate surface area is 64.1 Å². The standard InChI is InChI=1S/C5H12N2O2S/c6-2-4-10-3-1-5(8)7-9/h9H,1-4,6H2,(H,7,8). The van der Waals surface area contributed by atoms with Crippen molar-refractivity contribution in [1.29, 1.82) is 0 Å². The number of nitrogens with two attached hydrogens (primary N) is 1. The maximum Gasteiger partial charge on any atom is 0.244 e. The monoisotopic (exact) mass is 164 g/mol. The molecule has 4 N–H and O–H groups in total. The van der Waals surface area contributed by atoms with Crippen LogP contribution in [0.4, 0.5) is 0 Å². The summed E-state index contributed by atoms with van der Waals surface area (Å²) in [5, 5.41) is 8.06. The van der Waals surface area contributed by atoms with Crippen LogP contribution in [-0.2, 0) is 4.79 Å². The van der Waals surface area contributed by atoms with E-state index >= 15 is 0 Å². The molecule has 4 nitrogen and oxygen atoms in total. The molecule has 0 aliphatic rings. The molecule has 5 heteroatoms. The molecule has 0 aliphatic heterocycles. The second-order valence-electron chi connectivity index (χ2n) is 1.69. The molecule has 0 rings (SSSR count). The summed E-state index contributed by atoms with van der Waals surface area (Å²) in [7, 11) is 0. The summed E-state index contributed by atoms with van der Waals surface area (Å²) >= 11 is 1.60. The molecule has 0 fully saturated rings. The second-order valence-corrected chi connectivity index (χ2v) is 2.91. The minimum absolute atomic E-state index is 0.343. The fraction of sp³-hybridized carbons (Fsp3) is 0.800. The lowest BCUT2D eigenvalue weighted by atomic mass is 10.5. The normalized spacial score (nSPS) is 9.40. The molecule has 0 atom stereocenters. The van der Waals surface area contributed by atoms with Gasteiger partial charge in [0.05, 0.1) is 0 Å². The largest absolute Gasteiger partial charge is 0.330 e. The Hall–Kier alpha value is -0.260. The van der Waals surface area contributed by atoms with Crippen molar-refractivity contribution in [2.24, 2.45) is 5.73 Å². The van der Waals surface area contributed by atoms with E-state index in [9.17, 15) is 4.79 Å². The van der Waals surface area contributed by atoms with Gasteiger partial charge in [0.2, 0.25) is 5.91 Å². The lowest BCUT2D eigenvalue weighted by Crippen LogP contribution is -2.18. The fourth-order valence-electron chi connectivity index (χ4n) is 0.406. The quantitative estimate of drug-likeness (QED) is 0.293. The van der Waals surface area contributed by atoms with Crippen LogP contribution in [0.2, 0.25) is 0 Å². The van der Waals surface area contributed by atoms with Crippen LogP contribution >= 0.6 is 11.8 Å². The Morgan fingerprint density at radius 3 is 2.80 bits per heavy atom. The summed E-state index contributed by atoms with van der Waals surface area (Å²) in [5.74, 6) is 1.23. The van der Waals surface area contributed by atoms with Crippen LogP contribution in [0.25, 0.3) is 0 Å². The molecule has 0 aromatic carbocycles. The van der Waals surface area contributed by atoms with Crippen molar-refractivity contribution >= 4 is 17.7 Å². The van der Waals surface area contributed by atoms with Crippen LogP contribution in [0.3, 0.4) is 0 Å². The minimum atomic E-state index is -0.343. The van der Waals surface area contributed by atoms with Gasteiger partial charge in [-0.05, 0) is 0 Å². The van der Waals surface area contributed by atoms with E-state index in [4.69, 9.17) is 10.9 Å². The number of nitrogens with one attached hydrogen (secondary N) is 1. The summed E-state index contributed by atoms with van der Waals surface area (Å²) in [4.78, 5) is 10.4. The molecule has 60 valence electrons. The number of carbonyl (C=O) groups is 1. The third-order valence-corrected chi connectivity index (χ3v) is 1.88. The number of hydroxylamine groups is 1. The van der Waals surface area contributed by atoms with Gasteiger partial charge in [-0.25, -0.2) is 5.48 Å². The number of thioether (sulfide) groups is 1. The van der Waals surface area contributed by atoms with Crippen LogP contribution in [0.1, 0.15) is 6.42 Å². The number of amides is 1. The minimum Gasteiger partial charge on any atom is -0.330 e. The molecule has 0 aliphatic carbocycles. The Morgan fingerprint density at radius 1 is 1.60 bits per heavy atom. The van der Waals surface area contributed by atoms with Crippen LogP contribution in [-0.4, -0.2) is 29.2 Å². The number of hydrogen-bond acceptors (Lipinski definition) is 4. The molecule has 0 unspecified atom stereocenters. The highest BCUT2D eigenvalue weighted by atomic mass is 32.2. The first kappa shape index (κ1) is 9.74. The van der Waals surface area contributed by atoms with Crippen molar-refractivity contribution in [2.45, 2.75) is 6.42 Å². The molecule has 10 heavy (non-hydrogen) atoms. The molecular formula is C5H12N2O2S. The van der Waals surface area contributed by atoms with Crippen molar-refractivity contribution in [2.75, 3.05) is 18.1 Å². The van der Waals surface area contributed by atoms with Gasteiger partial charge in [-0.1, -0.05) is 0 Å². The zero-order chi connectivity index (χ0) is 7.82. The summed E-state index contributed by atoms with van der Waals surface area (Å²) < 4.78 is 0. The van der Waals surface area contributed by atoms with Crippen LogP contribution < -0.4 is 11.2 Å². The number of hydrogen-bond donors (Lipinski definition) is 3. The van der Waals surface area contributed by atoms with E-state index in [-0.39, 0.29) is 5.91 Å². The van der Waals surface area contributed by atoms with Gasteiger partial charge in [-0.3, -0.25) is 10.0 Å². The highest BCUT2D eigenvalue weighted by molar-refractivity contribution is 7.99. The van der Waals surface area contributed by atoms with Gasteiger partial charge < -0.3 is 5.73 Å². The Bertz CT molecular complexity index is 99.6. The van der Waals surface area contributed by atoms with Crippen LogP contribution in [0.5, 0.6) is 0 Å². The molecule has 0 heterocycles. The Balaban J connectivity index is 2.96. The molecule has 0 radical (unpaired) electrons. The first-order valence-electron chi connectivity index (χ1n) is 3.02. The first-order valence-corrected chi connectivity index (χ1v) is 4.17. The molecule has 0 aromatic rings.